The minimum atomic E-state index is 0.329. The summed E-state index contributed by atoms with van der Waals surface area (Å²) in [6.07, 6.45) is 5.23. The molecule has 0 saturated heterocycles. The van der Waals surface area contributed by atoms with Gasteiger partial charge in [0.25, 0.3) is 5.89 Å². The van der Waals surface area contributed by atoms with Crippen molar-refractivity contribution < 1.29 is 8.83 Å². The van der Waals surface area contributed by atoms with Crippen molar-refractivity contribution in [2.24, 2.45) is 4.99 Å². The van der Waals surface area contributed by atoms with Gasteiger partial charge in [-0.3, -0.25) is 5.32 Å². The smallest absolute Gasteiger partial charge is 0.283 e. The van der Waals surface area contributed by atoms with Crippen molar-refractivity contribution in [2.75, 3.05) is 6.26 Å². The Morgan fingerprint density at radius 3 is 2.65 bits per heavy atom. The lowest BCUT2D eigenvalue weighted by Gasteiger charge is -2.00. The van der Waals surface area contributed by atoms with Crippen LogP contribution in [0.2, 0.25) is 0 Å². The zero-order chi connectivity index (χ0) is 16.1. The van der Waals surface area contributed by atoms with Gasteiger partial charge in [0.15, 0.2) is 17.1 Å². The van der Waals surface area contributed by atoms with Crippen molar-refractivity contribution in [3.63, 3.8) is 0 Å². The van der Waals surface area contributed by atoms with Crippen molar-refractivity contribution in [1.29, 1.82) is 5.26 Å². The fourth-order valence-electron chi connectivity index (χ4n) is 1.81. The third-order valence-corrected chi connectivity index (χ3v) is 3.44. The van der Waals surface area contributed by atoms with Gasteiger partial charge in [0, 0.05) is 5.56 Å². The average molecular weight is 325 g/mol. The number of benzene rings is 1. The predicted octanol–water partition coefficient (Wildman–Crippen LogP) is 3.42. The summed E-state index contributed by atoms with van der Waals surface area (Å²) in [6, 6.07) is 10.8. The second kappa shape index (κ2) is 6.81. The number of thioether (sulfide) groups is 1. The van der Waals surface area contributed by atoms with Crippen LogP contribution in [-0.2, 0) is 0 Å². The van der Waals surface area contributed by atoms with Gasteiger partial charge in [-0.05, 0) is 42.7 Å². The molecular formula is C15H11N5O2S. The molecule has 0 atom stereocenters. The molecular weight excluding hydrogens is 314 g/mol. The number of amidine groups is 1. The first-order valence-corrected chi connectivity index (χ1v) is 7.78. The fourth-order valence-corrected chi connectivity index (χ4v) is 2.15. The Labute approximate surface area is 136 Å². The molecule has 0 spiro atoms. The van der Waals surface area contributed by atoms with Crippen LogP contribution in [-0.4, -0.2) is 21.6 Å². The molecule has 0 bridgehead atoms. The van der Waals surface area contributed by atoms with Crippen LogP contribution in [0.25, 0.3) is 23.1 Å². The normalized spacial score (nSPS) is 11.2. The Bertz CT molecular complexity index is 847. The minimum Gasteiger partial charge on any atom is -0.459 e. The summed E-state index contributed by atoms with van der Waals surface area (Å²) in [5.74, 6) is 1.25. The maximum Gasteiger partial charge on any atom is 0.283 e. The molecule has 8 heteroatoms. The molecule has 3 aromatic rings. The Hall–Kier alpha value is -3.05. The lowest BCUT2D eigenvalue weighted by atomic mass is 10.2. The molecule has 0 saturated carbocycles. The Morgan fingerprint density at radius 2 is 2.00 bits per heavy atom. The molecule has 2 heterocycles. The third-order valence-electron chi connectivity index (χ3n) is 2.86. The molecule has 0 aliphatic carbocycles. The zero-order valence-corrected chi connectivity index (χ0v) is 12.9. The highest BCUT2D eigenvalue weighted by Crippen LogP contribution is 2.25. The SMILES string of the molecule is CSC(=Nc1ccc(-c2nnc(-c3ccco3)o2)cc1)NC#N. The monoisotopic (exact) mass is 325 g/mol. The number of furan rings is 1. The predicted molar refractivity (Wildman–Crippen MR) is 86.8 cm³/mol. The van der Waals surface area contributed by atoms with Crippen LogP contribution < -0.4 is 5.32 Å². The zero-order valence-electron chi connectivity index (χ0n) is 12.1. The highest BCUT2D eigenvalue weighted by atomic mass is 32.2. The number of rotatable bonds is 3. The van der Waals surface area contributed by atoms with Gasteiger partial charge in [0.05, 0.1) is 12.0 Å². The van der Waals surface area contributed by atoms with Gasteiger partial charge in [-0.1, -0.05) is 11.8 Å². The summed E-state index contributed by atoms with van der Waals surface area (Å²) in [5, 5.41) is 19.6. The molecule has 0 aliphatic heterocycles. The molecule has 0 fully saturated rings. The summed E-state index contributed by atoms with van der Waals surface area (Å²) < 4.78 is 10.8. The van der Waals surface area contributed by atoms with E-state index in [0.717, 1.165) is 5.56 Å². The van der Waals surface area contributed by atoms with Gasteiger partial charge in [-0.15, -0.1) is 10.2 Å². The molecule has 23 heavy (non-hydrogen) atoms. The highest BCUT2D eigenvalue weighted by molar-refractivity contribution is 8.13. The van der Waals surface area contributed by atoms with Gasteiger partial charge in [0.2, 0.25) is 5.89 Å². The second-order valence-electron chi connectivity index (χ2n) is 4.29. The van der Waals surface area contributed by atoms with Crippen LogP contribution in [0.1, 0.15) is 0 Å². The van der Waals surface area contributed by atoms with E-state index in [-0.39, 0.29) is 0 Å². The largest absolute Gasteiger partial charge is 0.459 e. The van der Waals surface area contributed by atoms with Crippen molar-refractivity contribution >= 4 is 22.6 Å². The number of hydrogen-bond acceptors (Lipinski definition) is 7. The van der Waals surface area contributed by atoms with E-state index in [1.54, 1.807) is 30.5 Å². The van der Waals surface area contributed by atoms with Gasteiger partial charge in [0.1, 0.15) is 0 Å². The first-order chi connectivity index (χ1) is 11.3. The lowest BCUT2D eigenvalue weighted by molar-refractivity contribution is 0.523. The van der Waals surface area contributed by atoms with Crippen molar-refractivity contribution in [3.05, 3.63) is 42.7 Å². The number of nitrogens with one attached hydrogen (secondary N) is 1. The quantitative estimate of drug-likeness (QED) is 0.341. The van der Waals surface area contributed by atoms with Crippen LogP contribution in [0.3, 0.4) is 0 Å². The van der Waals surface area contributed by atoms with Crippen molar-refractivity contribution in [2.45, 2.75) is 0 Å². The van der Waals surface area contributed by atoms with Crippen LogP contribution in [0.15, 0.2) is 56.5 Å². The lowest BCUT2D eigenvalue weighted by Crippen LogP contribution is -2.12. The molecule has 1 N–H and O–H groups in total. The van der Waals surface area contributed by atoms with Gasteiger partial charge < -0.3 is 8.83 Å². The van der Waals surface area contributed by atoms with Crippen molar-refractivity contribution in [1.82, 2.24) is 15.5 Å². The molecule has 0 unspecified atom stereocenters. The van der Waals surface area contributed by atoms with E-state index in [0.29, 0.717) is 28.4 Å². The molecule has 2 aromatic heterocycles. The topological polar surface area (TPSA) is 100 Å². The molecule has 1 aromatic carbocycles. The van der Waals surface area contributed by atoms with Crippen LogP contribution >= 0.6 is 11.8 Å². The summed E-state index contributed by atoms with van der Waals surface area (Å²) in [6.45, 7) is 0. The van der Waals surface area contributed by atoms with E-state index in [2.05, 4.69) is 20.5 Å². The van der Waals surface area contributed by atoms with E-state index >= 15 is 0 Å². The highest BCUT2D eigenvalue weighted by Gasteiger charge is 2.12. The van der Waals surface area contributed by atoms with Gasteiger partial charge in [-0.2, -0.15) is 5.26 Å². The Morgan fingerprint density at radius 1 is 1.22 bits per heavy atom. The van der Waals surface area contributed by atoms with E-state index in [4.69, 9.17) is 14.1 Å². The molecule has 0 amide bonds. The maximum atomic E-state index is 8.63. The summed E-state index contributed by atoms with van der Waals surface area (Å²) in [5.41, 5.74) is 1.49. The second-order valence-corrected chi connectivity index (χ2v) is 5.09. The number of aromatic nitrogens is 2. The third kappa shape index (κ3) is 3.41. The molecule has 0 radical (unpaired) electrons. The Balaban J connectivity index is 1.81. The van der Waals surface area contributed by atoms with Gasteiger partial charge >= 0.3 is 0 Å². The Kier molecular flexibility index (Phi) is 4.40. The van der Waals surface area contributed by atoms with Gasteiger partial charge in [-0.25, -0.2) is 4.99 Å². The number of aliphatic imine (C=N–C) groups is 1. The molecule has 114 valence electrons. The van der Waals surface area contributed by atoms with Crippen LogP contribution in [0.4, 0.5) is 5.69 Å². The maximum absolute atomic E-state index is 8.63. The van der Waals surface area contributed by atoms with E-state index in [1.165, 1.54) is 11.8 Å². The molecule has 3 rings (SSSR count). The number of nitrogens with zero attached hydrogens (tertiary/aromatic N) is 4. The minimum absolute atomic E-state index is 0.329. The summed E-state index contributed by atoms with van der Waals surface area (Å²) >= 11 is 1.36. The van der Waals surface area contributed by atoms with Crippen LogP contribution in [0.5, 0.6) is 0 Å². The van der Waals surface area contributed by atoms with Crippen LogP contribution in [0, 0.1) is 11.5 Å². The summed E-state index contributed by atoms with van der Waals surface area (Å²) in [4.78, 5) is 4.31. The number of nitriles is 1. The first-order valence-electron chi connectivity index (χ1n) is 6.56. The van der Waals surface area contributed by atoms with E-state index in [1.807, 2.05) is 24.6 Å². The molecule has 7 nitrogen and oxygen atoms in total. The fraction of sp³-hybridized carbons (Fsp3) is 0.0667. The average Bonchev–Trinajstić information content (AvgIpc) is 3.26. The molecule has 0 aliphatic rings. The van der Waals surface area contributed by atoms with Crippen molar-refractivity contribution in [3.8, 4) is 29.3 Å². The number of hydrogen-bond donors (Lipinski definition) is 1. The summed E-state index contributed by atoms with van der Waals surface area (Å²) in [7, 11) is 0. The van der Waals surface area contributed by atoms with E-state index < -0.39 is 0 Å². The van der Waals surface area contributed by atoms with E-state index in [9.17, 15) is 0 Å². The standard InChI is InChI=1S/C15H11N5O2S/c1-23-15(17-9-16)18-11-6-4-10(5-7-11)13-19-20-14(22-13)12-3-2-8-21-12/h2-8H,1H3,(H,17,18). The first kappa shape index (κ1) is 14.9.